The third-order valence-corrected chi connectivity index (χ3v) is 3.76. The lowest BCUT2D eigenvalue weighted by atomic mass is 10.2. The fourth-order valence-corrected chi connectivity index (χ4v) is 2.34. The molecule has 104 valence electrons. The minimum Gasteiger partial charge on any atom is -0.456 e. The summed E-state index contributed by atoms with van der Waals surface area (Å²) in [4.78, 5) is 10.4. The molecule has 0 amide bonds. The SMILES string of the molecule is NCc1ccc(Oc2cccc([N+](=O)[O-])c2Br)cc1Cl. The lowest BCUT2D eigenvalue weighted by molar-refractivity contribution is -0.385. The summed E-state index contributed by atoms with van der Waals surface area (Å²) in [5, 5.41) is 11.3. The van der Waals surface area contributed by atoms with E-state index in [4.69, 9.17) is 22.1 Å². The molecule has 0 aliphatic carbocycles. The van der Waals surface area contributed by atoms with Crippen LogP contribution < -0.4 is 10.5 Å². The van der Waals surface area contributed by atoms with Crippen LogP contribution in [0.4, 0.5) is 5.69 Å². The normalized spacial score (nSPS) is 10.3. The first-order valence-corrected chi connectivity index (χ1v) is 6.79. The largest absolute Gasteiger partial charge is 0.456 e. The fraction of sp³-hybridized carbons (Fsp3) is 0.0769. The van der Waals surface area contributed by atoms with Crippen molar-refractivity contribution in [2.45, 2.75) is 6.54 Å². The average Bonchev–Trinajstić information content (AvgIpc) is 2.41. The van der Waals surface area contributed by atoms with Crippen molar-refractivity contribution in [1.29, 1.82) is 0 Å². The van der Waals surface area contributed by atoms with E-state index in [0.29, 0.717) is 23.1 Å². The Morgan fingerprint density at radius 1 is 1.35 bits per heavy atom. The first kappa shape index (κ1) is 14.8. The topological polar surface area (TPSA) is 78.4 Å². The zero-order valence-corrected chi connectivity index (χ0v) is 12.5. The number of ether oxygens (including phenoxy) is 1. The van der Waals surface area contributed by atoms with Crippen LogP contribution in [0.15, 0.2) is 40.9 Å². The fourth-order valence-electron chi connectivity index (χ4n) is 1.60. The molecule has 0 aliphatic heterocycles. The van der Waals surface area contributed by atoms with E-state index in [0.717, 1.165) is 5.56 Å². The summed E-state index contributed by atoms with van der Waals surface area (Å²) >= 11 is 9.20. The van der Waals surface area contributed by atoms with Gasteiger partial charge in [0.2, 0.25) is 0 Å². The number of nitro groups is 1. The molecule has 0 atom stereocenters. The Hall–Kier alpha value is -1.63. The predicted octanol–water partition coefficient (Wildman–Crippen LogP) is 4.26. The van der Waals surface area contributed by atoms with Crippen molar-refractivity contribution in [2.75, 3.05) is 0 Å². The molecule has 0 aromatic heterocycles. The van der Waals surface area contributed by atoms with Gasteiger partial charge in [-0.15, -0.1) is 0 Å². The van der Waals surface area contributed by atoms with E-state index in [-0.39, 0.29) is 10.2 Å². The van der Waals surface area contributed by atoms with Crippen LogP contribution in [0.1, 0.15) is 5.56 Å². The summed E-state index contributed by atoms with van der Waals surface area (Å²) in [6, 6.07) is 9.65. The molecule has 2 aromatic carbocycles. The highest BCUT2D eigenvalue weighted by Crippen LogP contribution is 2.37. The molecule has 7 heteroatoms. The number of hydrogen-bond donors (Lipinski definition) is 1. The van der Waals surface area contributed by atoms with Crippen molar-refractivity contribution in [2.24, 2.45) is 5.73 Å². The first-order chi connectivity index (χ1) is 9.52. The molecular weight excluding hydrogens is 348 g/mol. The predicted molar refractivity (Wildman–Crippen MR) is 80.2 cm³/mol. The van der Waals surface area contributed by atoms with E-state index in [1.165, 1.54) is 6.07 Å². The molecule has 0 heterocycles. The van der Waals surface area contributed by atoms with Gasteiger partial charge in [0.05, 0.1) is 4.92 Å². The van der Waals surface area contributed by atoms with Crippen molar-refractivity contribution in [3.05, 3.63) is 61.6 Å². The molecule has 20 heavy (non-hydrogen) atoms. The zero-order chi connectivity index (χ0) is 14.7. The molecule has 5 nitrogen and oxygen atoms in total. The van der Waals surface area contributed by atoms with Gasteiger partial charge >= 0.3 is 0 Å². The molecule has 0 saturated carbocycles. The van der Waals surface area contributed by atoms with Gasteiger partial charge in [-0.3, -0.25) is 10.1 Å². The summed E-state index contributed by atoms with van der Waals surface area (Å²) in [6.07, 6.45) is 0. The summed E-state index contributed by atoms with van der Waals surface area (Å²) in [7, 11) is 0. The second kappa shape index (κ2) is 6.21. The number of benzene rings is 2. The lowest BCUT2D eigenvalue weighted by Crippen LogP contribution is -1.97. The Balaban J connectivity index is 2.33. The van der Waals surface area contributed by atoms with Gasteiger partial charge in [0.15, 0.2) is 0 Å². The second-order valence-electron chi connectivity index (χ2n) is 3.91. The number of hydrogen-bond acceptors (Lipinski definition) is 4. The third kappa shape index (κ3) is 3.09. The molecule has 0 bridgehead atoms. The average molecular weight is 358 g/mol. The minimum absolute atomic E-state index is 0.0628. The van der Waals surface area contributed by atoms with Gasteiger partial charge in [0, 0.05) is 17.6 Å². The third-order valence-electron chi connectivity index (χ3n) is 2.61. The summed E-state index contributed by atoms with van der Waals surface area (Å²) in [6.45, 7) is 0.333. The monoisotopic (exact) mass is 356 g/mol. The van der Waals surface area contributed by atoms with Crippen LogP contribution in [-0.2, 0) is 6.54 Å². The highest BCUT2D eigenvalue weighted by atomic mass is 79.9. The number of halogens is 2. The second-order valence-corrected chi connectivity index (χ2v) is 5.11. The van der Waals surface area contributed by atoms with Crippen LogP contribution >= 0.6 is 27.5 Å². The van der Waals surface area contributed by atoms with Crippen molar-refractivity contribution in [3.63, 3.8) is 0 Å². The first-order valence-electron chi connectivity index (χ1n) is 5.62. The molecular formula is C13H10BrClN2O3. The zero-order valence-electron chi connectivity index (χ0n) is 10.2. The summed E-state index contributed by atoms with van der Waals surface area (Å²) < 4.78 is 5.89. The van der Waals surface area contributed by atoms with Gasteiger partial charge in [0.1, 0.15) is 16.0 Å². The van der Waals surface area contributed by atoms with Crippen LogP contribution in [-0.4, -0.2) is 4.92 Å². The van der Waals surface area contributed by atoms with E-state index >= 15 is 0 Å². The number of nitro benzene ring substituents is 1. The van der Waals surface area contributed by atoms with Gasteiger partial charge in [0.25, 0.3) is 5.69 Å². The molecule has 2 N–H and O–H groups in total. The Bertz CT molecular complexity index is 664. The Labute approximate surface area is 128 Å². The Morgan fingerprint density at radius 2 is 2.10 bits per heavy atom. The van der Waals surface area contributed by atoms with Crippen molar-refractivity contribution in [1.82, 2.24) is 0 Å². The van der Waals surface area contributed by atoms with Gasteiger partial charge in [-0.2, -0.15) is 0 Å². The summed E-state index contributed by atoms with van der Waals surface area (Å²) in [5.74, 6) is 0.823. The van der Waals surface area contributed by atoms with Gasteiger partial charge in [-0.1, -0.05) is 23.7 Å². The van der Waals surface area contributed by atoms with E-state index in [2.05, 4.69) is 15.9 Å². The van der Waals surface area contributed by atoms with Crippen LogP contribution in [0.5, 0.6) is 11.5 Å². The number of rotatable bonds is 4. The standard InChI is InChI=1S/C13H10BrClN2O3/c14-13-11(17(18)19)2-1-3-12(13)20-9-5-4-8(7-16)10(15)6-9/h1-6H,7,16H2. The molecule has 0 spiro atoms. The van der Waals surface area contributed by atoms with Crippen LogP contribution in [0.25, 0.3) is 0 Å². The van der Waals surface area contributed by atoms with Crippen LogP contribution in [0.2, 0.25) is 5.02 Å². The summed E-state index contributed by atoms with van der Waals surface area (Å²) in [5.41, 5.74) is 6.26. The molecule has 0 fully saturated rings. The van der Waals surface area contributed by atoms with Gasteiger partial charge in [-0.05, 0) is 39.7 Å². The van der Waals surface area contributed by atoms with E-state index < -0.39 is 4.92 Å². The maximum atomic E-state index is 10.8. The number of nitrogens with zero attached hydrogens (tertiary/aromatic N) is 1. The quantitative estimate of drug-likeness (QED) is 0.655. The number of nitrogens with two attached hydrogens (primary N) is 1. The minimum atomic E-state index is -0.485. The Morgan fingerprint density at radius 3 is 2.70 bits per heavy atom. The molecule has 0 saturated heterocycles. The van der Waals surface area contributed by atoms with Gasteiger partial charge in [-0.25, -0.2) is 0 Å². The van der Waals surface area contributed by atoms with Gasteiger partial charge < -0.3 is 10.5 Å². The van der Waals surface area contributed by atoms with Crippen molar-refractivity contribution >= 4 is 33.2 Å². The smallest absolute Gasteiger partial charge is 0.287 e. The molecule has 2 aromatic rings. The molecule has 2 rings (SSSR count). The highest BCUT2D eigenvalue weighted by molar-refractivity contribution is 9.10. The van der Waals surface area contributed by atoms with Crippen LogP contribution in [0.3, 0.4) is 0 Å². The van der Waals surface area contributed by atoms with E-state index in [1.807, 2.05) is 0 Å². The van der Waals surface area contributed by atoms with Crippen LogP contribution in [0, 0.1) is 10.1 Å². The van der Waals surface area contributed by atoms with E-state index in [1.54, 1.807) is 30.3 Å². The maximum absolute atomic E-state index is 10.8. The van der Waals surface area contributed by atoms with E-state index in [9.17, 15) is 10.1 Å². The highest BCUT2D eigenvalue weighted by Gasteiger charge is 2.16. The van der Waals surface area contributed by atoms with Crippen molar-refractivity contribution < 1.29 is 9.66 Å². The molecule has 0 aliphatic rings. The van der Waals surface area contributed by atoms with Crippen molar-refractivity contribution in [3.8, 4) is 11.5 Å². The Kier molecular flexibility index (Phi) is 4.59. The lowest BCUT2D eigenvalue weighted by Gasteiger charge is -2.09. The maximum Gasteiger partial charge on any atom is 0.287 e. The molecule has 0 radical (unpaired) electrons. The molecule has 0 unspecified atom stereocenters.